The number of para-hydroxylation sites is 1. The SMILES string of the molecule is CCOc1cncc(-c2cccc3nc([C@H](C)Nc4nc(N)ncc4C#N)n(-c4ccccc4)c(=O)c23)c1. The fourth-order valence-electron chi connectivity index (χ4n) is 4.27. The largest absolute Gasteiger partial charge is 0.492 e. The summed E-state index contributed by atoms with van der Waals surface area (Å²) in [6.45, 7) is 4.24. The van der Waals surface area contributed by atoms with Gasteiger partial charge in [0.05, 0.1) is 41.6 Å². The summed E-state index contributed by atoms with van der Waals surface area (Å²) in [6.07, 6.45) is 4.69. The number of nitriles is 1. The van der Waals surface area contributed by atoms with Crippen molar-refractivity contribution in [3.8, 4) is 28.6 Å². The molecule has 3 N–H and O–H groups in total. The smallest absolute Gasteiger partial charge is 0.266 e. The number of aromatic nitrogens is 5. The third kappa shape index (κ3) is 4.60. The van der Waals surface area contributed by atoms with Crippen molar-refractivity contribution in [1.29, 1.82) is 5.26 Å². The fraction of sp³-hybridized carbons (Fsp3) is 0.143. The number of hydrogen-bond donors (Lipinski definition) is 2. The summed E-state index contributed by atoms with van der Waals surface area (Å²) in [7, 11) is 0. The van der Waals surface area contributed by atoms with E-state index >= 15 is 0 Å². The highest BCUT2D eigenvalue weighted by Gasteiger charge is 2.21. The van der Waals surface area contributed by atoms with E-state index in [0.29, 0.717) is 40.3 Å². The first-order valence-corrected chi connectivity index (χ1v) is 12.0. The van der Waals surface area contributed by atoms with Gasteiger partial charge in [0.25, 0.3) is 5.56 Å². The molecule has 10 nitrogen and oxygen atoms in total. The highest BCUT2D eigenvalue weighted by molar-refractivity contribution is 5.94. The molecule has 2 aromatic carbocycles. The van der Waals surface area contributed by atoms with Crippen molar-refractivity contribution in [3.05, 3.63) is 94.9 Å². The number of nitrogens with two attached hydrogens (primary N) is 1. The molecule has 0 aliphatic carbocycles. The maximum absolute atomic E-state index is 14.2. The van der Waals surface area contributed by atoms with Crippen LogP contribution in [-0.2, 0) is 0 Å². The molecular formula is C28H24N8O2. The zero-order chi connectivity index (χ0) is 26.6. The second-order valence-corrected chi connectivity index (χ2v) is 8.46. The van der Waals surface area contributed by atoms with Gasteiger partial charge in [-0.15, -0.1) is 0 Å². The number of nitrogens with one attached hydrogen (secondary N) is 1. The predicted molar refractivity (Wildman–Crippen MR) is 145 cm³/mol. The van der Waals surface area contributed by atoms with Crippen molar-refractivity contribution in [2.75, 3.05) is 17.7 Å². The molecule has 0 aliphatic rings. The van der Waals surface area contributed by atoms with Gasteiger partial charge in [-0.1, -0.05) is 30.3 Å². The summed E-state index contributed by atoms with van der Waals surface area (Å²) in [5.74, 6) is 1.34. The third-order valence-corrected chi connectivity index (χ3v) is 5.94. The monoisotopic (exact) mass is 504 g/mol. The Labute approximate surface area is 218 Å². The Hall–Kier alpha value is -5.30. The fourth-order valence-corrected chi connectivity index (χ4v) is 4.27. The van der Waals surface area contributed by atoms with Gasteiger partial charge in [0.15, 0.2) is 0 Å². The Morgan fingerprint density at radius 1 is 1.11 bits per heavy atom. The minimum Gasteiger partial charge on any atom is -0.492 e. The van der Waals surface area contributed by atoms with Gasteiger partial charge in [0.2, 0.25) is 5.95 Å². The first kappa shape index (κ1) is 24.4. The van der Waals surface area contributed by atoms with Crippen LogP contribution in [0.2, 0.25) is 0 Å². The first-order chi connectivity index (χ1) is 18.5. The van der Waals surface area contributed by atoms with E-state index in [9.17, 15) is 10.1 Å². The molecule has 0 saturated heterocycles. The minimum absolute atomic E-state index is 0.0261. The molecular weight excluding hydrogens is 480 g/mol. The average molecular weight is 505 g/mol. The molecule has 0 saturated carbocycles. The standard InChI is InChI=1S/C28H24N8O2/c1-3-38-21-12-18(14-31-16-21)22-10-7-11-23-24(22)27(37)36(20-8-5-4-6-9-20)26(34-23)17(2)33-25-19(13-29)15-32-28(30)35-25/h4-12,14-17H,3H2,1-2H3,(H3,30,32,33,35)/t17-/m0/s1. The Morgan fingerprint density at radius 3 is 2.68 bits per heavy atom. The average Bonchev–Trinajstić information content (AvgIpc) is 2.93. The first-order valence-electron chi connectivity index (χ1n) is 12.0. The van der Waals surface area contributed by atoms with Crippen LogP contribution in [0.3, 0.4) is 0 Å². The molecule has 0 spiro atoms. The van der Waals surface area contributed by atoms with E-state index in [1.807, 2.05) is 62.4 Å². The van der Waals surface area contributed by atoms with Gasteiger partial charge in [0.1, 0.15) is 29.0 Å². The molecule has 10 heteroatoms. The topological polar surface area (TPSA) is 145 Å². The second-order valence-electron chi connectivity index (χ2n) is 8.46. The molecule has 0 unspecified atom stereocenters. The maximum Gasteiger partial charge on any atom is 0.266 e. The number of nitrogens with zero attached hydrogens (tertiary/aromatic N) is 6. The lowest BCUT2D eigenvalue weighted by molar-refractivity contribution is 0.339. The van der Waals surface area contributed by atoms with Gasteiger partial charge in [0, 0.05) is 11.8 Å². The van der Waals surface area contributed by atoms with E-state index in [-0.39, 0.29) is 22.9 Å². The van der Waals surface area contributed by atoms with Crippen LogP contribution in [0, 0.1) is 11.3 Å². The molecule has 3 heterocycles. The van der Waals surface area contributed by atoms with E-state index in [4.69, 9.17) is 15.5 Å². The molecule has 0 amide bonds. The van der Waals surface area contributed by atoms with Crippen molar-refractivity contribution < 1.29 is 4.74 Å². The Morgan fingerprint density at radius 2 is 1.92 bits per heavy atom. The van der Waals surface area contributed by atoms with Gasteiger partial charge in [-0.3, -0.25) is 14.3 Å². The van der Waals surface area contributed by atoms with Crippen molar-refractivity contribution in [1.82, 2.24) is 24.5 Å². The number of fused-ring (bicyclic) bond motifs is 1. The highest BCUT2D eigenvalue weighted by atomic mass is 16.5. The van der Waals surface area contributed by atoms with Crippen LogP contribution in [0.1, 0.15) is 31.3 Å². The summed E-state index contributed by atoms with van der Waals surface area (Å²) < 4.78 is 7.20. The zero-order valence-electron chi connectivity index (χ0n) is 20.8. The Kier molecular flexibility index (Phi) is 6.65. The number of ether oxygens (including phenoxy) is 1. The van der Waals surface area contributed by atoms with Gasteiger partial charge in [-0.05, 0) is 43.7 Å². The molecule has 38 heavy (non-hydrogen) atoms. The Bertz CT molecular complexity index is 1730. The maximum atomic E-state index is 14.2. The van der Waals surface area contributed by atoms with Crippen LogP contribution in [0.4, 0.5) is 11.8 Å². The van der Waals surface area contributed by atoms with Crippen molar-refractivity contribution in [3.63, 3.8) is 0 Å². The van der Waals surface area contributed by atoms with Crippen LogP contribution in [0.5, 0.6) is 5.75 Å². The molecule has 3 aromatic heterocycles. The second kappa shape index (κ2) is 10.4. The lowest BCUT2D eigenvalue weighted by Crippen LogP contribution is -2.28. The number of rotatable bonds is 7. The van der Waals surface area contributed by atoms with Crippen LogP contribution >= 0.6 is 0 Å². The molecule has 1 atom stereocenters. The molecule has 0 fully saturated rings. The van der Waals surface area contributed by atoms with E-state index in [1.54, 1.807) is 23.0 Å². The lowest BCUT2D eigenvalue weighted by atomic mass is 10.0. The number of pyridine rings is 1. The van der Waals surface area contributed by atoms with Crippen LogP contribution in [0.25, 0.3) is 27.7 Å². The van der Waals surface area contributed by atoms with Crippen molar-refractivity contribution in [2.24, 2.45) is 0 Å². The zero-order valence-corrected chi connectivity index (χ0v) is 20.8. The number of hydrogen-bond acceptors (Lipinski definition) is 9. The summed E-state index contributed by atoms with van der Waals surface area (Å²) in [5.41, 5.74) is 8.35. The van der Waals surface area contributed by atoms with Crippen LogP contribution in [0.15, 0.2) is 78.0 Å². The molecule has 0 aliphatic heterocycles. The summed E-state index contributed by atoms with van der Waals surface area (Å²) in [6, 6.07) is 18.2. The summed E-state index contributed by atoms with van der Waals surface area (Å²) >= 11 is 0. The van der Waals surface area contributed by atoms with Crippen LogP contribution < -0.4 is 21.3 Å². The van der Waals surface area contributed by atoms with Gasteiger partial charge >= 0.3 is 0 Å². The number of benzene rings is 2. The molecule has 5 aromatic rings. The van der Waals surface area contributed by atoms with E-state index in [2.05, 4.69) is 26.3 Å². The Balaban J connectivity index is 1.73. The molecule has 188 valence electrons. The van der Waals surface area contributed by atoms with E-state index in [0.717, 1.165) is 5.56 Å². The normalized spacial score (nSPS) is 11.6. The van der Waals surface area contributed by atoms with Gasteiger partial charge < -0.3 is 15.8 Å². The minimum atomic E-state index is -0.527. The summed E-state index contributed by atoms with van der Waals surface area (Å²) in [4.78, 5) is 31.5. The van der Waals surface area contributed by atoms with Crippen molar-refractivity contribution in [2.45, 2.75) is 19.9 Å². The van der Waals surface area contributed by atoms with Crippen molar-refractivity contribution >= 4 is 22.7 Å². The van der Waals surface area contributed by atoms with E-state index in [1.165, 1.54) is 6.20 Å². The highest BCUT2D eigenvalue weighted by Crippen LogP contribution is 2.30. The predicted octanol–water partition coefficient (Wildman–Crippen LogP) is 4.26. The molecule has 0 bridgehead atoms. The summed E-state index contributed by atoms with van der Waals surface area (Å²) in [5, 5.41) is 13.1. The molecule has 5 rings (SSSR count). The van der Waals surface area contributed by atoms with Gasteiger partial charge in [-0.2, -0.15) is 10.2 Å². The third-order valence-electron chi connectivity index (χ3n) is 5.94. The quantitative estimate of drug-likeness (QED) is 0.332. The van der Waals surface area contributed by atoms with E-state index < -0.39 is 6.04 Å². The molecule has 0 radical (unpaired) electrons. The van der Waals surface area contributed by atoms with Crippen LogP contribution in [-0.4, -0.2) is 31.1 Å². The number of nitrogen functional groups attached to an aromatic ring is 1. The number of anilines is 2. The van der Waals surface area contributed by atoms with Gasteiger partial charge in [-0.25, -0.2) is 9.97 Å². The lowest BCUT2D eigenvalue weighted by Gasteiger charge is -2.21.